The van der Waals surface area contributed by atoms with Crippen molar-refractivity contribution in [2.24, 2.45) is 0 Å². The molecule has 1 unspecified atom stereocenters. The van der Waals surface area contributed by atoms with Crippen molar-refractivity contribution in [3.63, 3.8) is 0 Å². The zero-order valence-electron chi connectivity index (χ0n) is 13.3. The quantitative estimate of drug-likeness (QED) is 0.588. The van der Waals surface area contributed by atoms with Crippen molar-refractivity contribution >= 4 is 5.91 Å². The Morgan fingerprint density at radius 2 is 2.30 bits per heavy atom. The number of nitrogens with zero attached hydrogens (tertiary/aromatic N) is 1. The minimum absolute atomic E-state index is 0.120. The van der Waals surface area contributed by atoms with Gasteiger partial charge in [-0.15, -0.1) is 0 Å². The summed E-state index contributed by atoms with van der Waals surface area (Å²) in [6.07, 6.45) is 3.62. The van der Waals surface area contributed by atoms with Gasteiger partial charge in [0, 0.05) is 25.7 Å². The molecule has 0 aliphatic carbocycles. The number of carbonyl (C=O) groups excluding carboxylic acids is 1. The van der Waals surface area contributed by atoms with E-state index in [1.165, 1.54) is 12.8 Å². The van der Waals surface area contributed by atoms with Gasteiger partial charge in [-0.3, -0.25) is 9.69 Å². The smallest absolute Gasteiger partial charge is 0.234 e. The Morgan fingerprint density at radius 1 is 1.50 bits per heavy atom. The molecule has 1 saturated heterocycles. The zero-order chi connectivity index (χ0) is 14.8. The van der Waals surface area contributed by atoms with E-state index < -0.39 is 0 Å². The second-order valence-corrected chi connectivity index (χ2v) is 5.74. The van der Waals surface area contributed by atoms with Crippen molar-refractivity contribution in [1.82, 2.24) is 15.5 Å². The first-order chi connectivity index (χ1) is 9.61. The third-order valence-corrected chi connectivity index (χ3v) is 3.55. The van der Waals surface area contributed by atoms with Crippen molar-refractivity contribution in [3.8, 4) is 0 Å². The van der Waals surface area contributed by atoms with Gasteiger partial charge in [0.05, 0.1) is 12.6 Å². The first-order valence-electron chi connectivity index (χ1n) is 7.95. The van der Waals surface area contributed by atoms with Gasteiger partial charge >= 0.3 is 0 Å². The molecule has 5 heteroatoms. The van der Waals surface area contributed by atoms with E-state index in [4.69, 9.17) is 4.74 Å². The van der Waals surface area contributed by atoms with Crippen LogP contribution in [0, 0.1) is 0 Å². The van der Waals surface area contributed by atoms with Crippen LogP contribution < -0.4 is 10.6 Å². The first kappa shape index (κ1) is 17.4. The lowest BCUT2D eigenvalue weighted by atomic mass is 10.2. The fourth-order valence-corrected chi connectivity index (χ4v) is 2.41. The Hall–Kier alpha value is -0.650. The minimum Gasteiger partial charge on any atom is -0.379 e. The third kappa shape index (κ3) is 7.82. The van der Waals surface area contributed by atoms with Gasteiger partial charge in [0.1, 0.15) is 0 Å². The highest BCUT2D eigenvalue weighted by Crippen LogP contribution is 2.06. The number of hydrogen-bond acceptors (Lipinski definition) is 4. The molecule has 1 atom stereocenters. The molecule has 0 aromatic carbocycles. The molecule has 1 heterocycles. The van der Waals surface area contributed by atoms with Gasteiger partial charge in [0.15, 0.2) is 0 Å². The fraction of sp³-hybridized carbons (Fsp3) is 0.933. The van der Waals surface area contributed by atoms with Crippen molar-refractivity contribution in [1.29, 1.82) is 0 Å². The van der Waals surface area contributed by atoms with E-state index in [1.54, 1.807) is 0 Å². The predicted octanol–water partition coefficient (Wildman–Crippen LogP) is 0.992. The maximum absolute atomic E-state index is 11.9. The molecule has 0 aromatic heterocycles. The Labute approximate surface area is 123 Å². The first-order valence-corrected chi connectivity index (χ1v) is 7.95. The molecule has 1 aliphatic rings. The normalized spacial score (nSPS) is 18.9. The van der Waals surface area contributed by atoms with Crippen LogP contribution in [0.2, 0.25) is 0 Å². The van der Waals surface area contributed by atoms with Crippen molar-refractivity contribution < 1.29 is 9.53 Å². The summed E-state index contributed by atoms with van der Waals surface area (Å²) in [5, 5.41) is 6.44. The summed E-state index contributed by atoms with van der Waals surface area (Å²) >= 11 is 0. The van der Waals surface area contributed by atoms with E-state index in [-0.39, 0.29) is 12.0 Å². The molecule has 0 bridgehead atoms. The number of carbonyl (C=O) groups is 1. The molecule has 1 aliphatic heterocycles. The standard InChI is InChI=1S/C15H31N3O2/c1-4-18(11-14-7-5-8-16-14)12-15(19)17-9-6-10-20-13(2)3/h13-14,16H,4-12H2,1-3H3,(H,17,19). The number of hydrogen-bond donors (Lipinski definition) is 2. The van der Waals surface area contributed by atoms with Crippen LogP contribution in [0.3, 0.4) is 0 Å². The second-order valence-electron chi connectivity index (χ2n) is 5.74. The molecule has 0 saturated carbocycles. The largest absolute Gasteiger partial charge is 0.379 e. The summed E-state index contributed by atoms with van der Waals surface area (Å²) < 4.78 is 5.44. The molecule has 1 fully saturated rings. The lowest BCUT2D eigenvalue weighted by Crippen LogP contribution is -2.43. The average Bonchev–Trinajstić information content (AvgIpc) is 2.90. The fourth-order valence-electron chi connectivity index (χ4n) is 2.41. The van der Waals surface area contributed by atoms with E-state index in [9.17, 15) is 4.79 Å². The average molecular weight is 285 g/mol. The summed E-state index contributed by atoms with van der Waals surface area (Å²) in [6, 6.07) is 0.558. The van der Waals surface area contributed by atoms with Gasteiger partial charge in [0.25, 0.3) is 0 Å². The van der Waals surface area contributed by atoms with Crippen molar-refractivity contribution in [2.45, 2.75) is 52.2 Å². The number of nitrogens with one attached hydrogen (secondary N) is 2. The van der Waals surface area contributed by atoms with Gasteiger partial charge in [-0.2, -0.15) is 0 Å². The van der Waals surface area contributed by atoms with Crippen LogP contribution in [0.25, 0.3) is 0 Å². The SMILES string of the molecule is CCN(CC(=O)NCCCOC(C)C)CC1CCCN1. The highest BCUT2D eigenvalue weighted by atomic mass is 16.5. The van der Waals surface area contributed by atoms with Crippen molar-refractivity contribution in [2.75, 3.05) is 39.3 Å². The molecule has 118 valence electrons. The monoisotopic (exact) mass is 285 g/mol. The van der Waals surface area contributed by atoms with E-state index in [2.05, 4.69) is 22.5 Å². The van der Waals surface area contributed by atoms with Gasteiger partial charge in [-0.05, 0) is 46.2 Å². The molecule has 1 rings (SSSR count). The maximum Gasteiger partial charge on any atom is 0.234 e. The van der Waals surface area contributed by atoms with Crippen LogP contribution in [0.4, 0.5) is 0 Å². The Morgan fingerprint density at radius 3 is 2.90 bits per heavy atom. The van der Waals surface area contributed by atoms with Gasteiger partial charge in [-0.25, -0.2) is 0 Å². The van der Waals surface area contributed by atoms with Gasteiger partial charge in [-0.1, -0.05) is 6.92 Å². The predicted molar refractivity (Wildman–Crippen MR) is 81.9 cm³/mol. The van der Waals surface area contributed by atoms with Gasteiger partial charge in [0.2, 0.25) is 5.91 Å². The number of amides is 1. The van der Waals surface area contributed by atoms with Gasteiger partial charge < -0.3 is 15.4 Å². The summed E-state index contributed by atoms with van der Waals surface area (Å²) in [5.41, 5.74) is 0. The van der Waals surface area contributed by atoms with E-state index in [0.29, 0.717) is 25.7 Å². The molecule has 1 amide bonds. The lowest BCUT2D eigenvalue weighted by molar-refractivity contribution is -0.122. The van der Waals surface area contributed by atoms with E-state index in [0.717, 1.165) is 26.1 Å². The van der Waals surface area contributed by atoms with E-state index in [1.807, 2.05) is 13.8 Å². The van der Waals surface area contributed by atoms with Crippen LogP contribution in [-0.2, 0) is 9.53 Å². The summed E-state index contributed by atoms with van der Waals surface area (Å²) in [5.74, 6) is 0.120. The minimum atomic E-state index is 0.120. The number of ether oxygens (including phenoxy) is 1. The molecule has 0 radical (unpaired) electrons. The van der Waals surface area contributed by atoms with Crippen LogP contribution in [0.1, 0.15) is 40.0 Å². The molecule has 20 heavy (non-hydrogen) atoms. The summed E-state index contributed by atoms with van der Waals surface area (Å²) in [7, 11) is 0. The maximum atomic E-state index is 11.9. The van der Waals surface area contributed by atoms with Crippen LogP contribution >= 0.6 is 0 Å². The number of likely N-dealkylation sites (N-methyl/N-ethyl adjacent to an activating group) is 1. The molecular formula is C15H31N3O2. The second kappa shape index (κ2) is 10.1. The summed E-state index contributed by atoms with van der Waals surface area (Å²) in [6.45, 7) is 11.1. The topological polar surface area (TPSA) is 53.6 Å². The Kier molecular flexibility index (Phi) is 8.82. The van der Waals surface area contributed by atoms with E-state index >= 15 is 0 Å². The Balaban J connectivity index is 2.09. The molecule has 0 aromatic rings. The molecular weight excluding hydrogens is 254 g/mol. The molecule has 0 spiro atoms. The van der Waals surface area contributed by atoms with Crippen molar-refractivity contribution in [3.05, 3.63) is 0 Å². The molecule has 5 nitrogen and oxygen atoms in total. The Bertz CT molecular complexity index is 266. The van der Waals surface area contributed by atoms with Crippen LogP contribution in [0.5, 0.6) is 0 Å². The lowest BCUT2D eigenvalue weighted by Gasteiger charge is -2.23. The number of rotatable bonds is 10. The highest BCUT2D eigenvalue weighted by molar-refractivity contribution is 5.77. The zero-order valence-corrected chi connectivity index (χ0v) is 13.3. The molecule has 2 N–H and O–H groups in total. The van der Waals surface area contributed by atoms with Crippen LogP contribution in [-0.4, -0.2) is 62.3 Å². The van der Waals surface area contributed by atoms with Crippen LogP contribution in [0.15, 0.2) is 0 Å². The summed E-state index contributed by atoms with van der Waals surface area (Å²) in [4.78, 5) is 14.1. The highest BCUT2D eigenvalue weighted by Gasteiger charge is 2.18. The third-order valence-electron chi connectivity index (χ3n) is 3.55.